The molecule has 9 atom stereocenters. The molecule has 6 rings (SSSR count). The molecule has 1 aromatic carbocycles. The molecule has 0 radical (unpaired) electrons. The summed E-state index contributed by atoms with van der Waals surface area (Å²) < 4.78 is 33.1. The molecule has 6 nitrogen and oxygen atoms in total. The smallest absolute Gasteiger partial charge is 0.193 e. The highest BCUT2D eigenvalue weighted by atomic mass is 35.5. The fraction of sp³-hybridized carbons (Fsp3) is 0.586. The number of rotatable bonds is 3. The first kappa shape index (κ1) is 26.1. The number of ketones is 2. The first-order valence-electron chi connectivity index (χ1n) is 13.2. The minimum absolute atomic E-state index is 0.0614. The number of carbonyl (C=O) groups is 2. The third-order valence-electron chi connectivity index (χ3n) is 10.6. The number of Topliss-reactive ketones (excluding diaryl/α,β-unsaturated/α-hetero) is 1. The highest BCUT2D eigenvalue weighted by Gasteiger charge is 2.79. The second-order valence-electron chi connectivity index (χ2n) is 12.2. The Morgan fingerprint density at radius 2 is 2.00 bits per heavy atom. The molecule has 1 saturated heterocycles. The molecule has 4 fully saturated rings. The van der Waals surface area contributed by atoms with E-state index in [2.05, 4.69) is 0 Å². The number of hydrogen-bond donors (Lipinski definition) is 2. The Morgan fingerprint density at radius 1 is 1.26 bits per heavy atom. The number of carbonyl (C=O) groups excluding carboxylic acids is 2. The molecule has 204 valence electrons. The molecule has 1 heterocycles. The van der Waals surface area contributed by atoms with Crippen LogP contribution in [0.5, 0.6) is 0 Å². The van der Waals surface area contributed by atoms with E-state index in [9.17, 15) is 19.8 Å². The number of anilines is 1. The second-order valence-corrected chi connectivity index (χ2v) is 12.6. The number of allylic oxidation sites excluding steroid dienone is 4. The average molecular weight is 548 g/mol. The van der Waals surface area contributed by atoms with Crippen molar-refractivity contribution in [3.8, 4) is 0 Å². The summed E-state index contributed by atoms with van der Waals surface area (Å²) in [5, 5.41) is 23.9. The van der Waals surface area contributed by atoms with Crippen molar-refractivity contribution in [1.82, 2.24) is 0 Å². The number of alkyl halides is 2. The molecule has 38 heavy (non-hydrogen) atoms. The molecule has 3 saturated carbocycles. The number of fused-ring (bicyclic) bond motifs is 7. The zero-order valence-corrected chi connectivity index (χ0v) is 22.3. The van der Waals surface area contributed by atoms with Gasteiger partial charge in [0.25, 0.3) is 0 Å². The van der Waals surface area contributed by atoms with E-state index < -0.39 is 70.3 Å². The minimum atomic E-state index is -2.24. The number of hydrogen-bond acceptors (Lipinski definition) is 6. The minimum Gasteiger partial charge on any atom is -0.390 e. The third kappa shape index (κ3) is 2.98. The van der Waals surface area contributed by atoms with E-state index in [1.807, 2.05) is 19.9 Å². The highest BCUT2D eigenvalue weighted by Crippen LogP contribution is 2.72. The lowest BCUT2D eigenvalue weighted by Gasteiger charge is -2.63. The summed E-state index contributed by atoms with van der Waals surface area (Å²) in [6.07, 6.45) is 0.767. The molecule has 0 spiro atoms. The Bertz CT molecular complexity index is 1300. The topological polar surface area (TPSA) is 87.1 Å². The predicted octanol–water partition coefficient (Wildman–Crippen LogP) is 4.25. The zero-order chi connectivity index (χ0) is 27.4. The van der Waals surface area contributed by atoms with Crippen molar-refractivity contribution in [2.75, 3.05) is 18.2 Å². The zero-order valence-electron chi connectivity index (χ0n) is 21.6. The molecule has 0 aromatic heterocycles. The monoisotopic (exact) mass is 547 g/mol. The lowest BCUT2D eigenvalue weighted by molar-refractivity contribution is -0.228. The maximum atomic E-state index is 17.4. The summed E-state index contributed by atoms with van der Waals surface area (Å²) in [5.74, 6) is -2.75. The Kier molecular flexibility index (Phi) is 5.63. The molecule has 1 aromatic rings. The molecule has 1 aliphatic heterocycles. The summed E-state index contributed by atoms with van der Waals surface area (Å²) in [6, 6.07) is 5.38. The van der Waals surface area contributed by atoms with Gasteiger partial charge in [-0.25, -0.2) is 8.78 Å². The molecular weight excluding hydrogens is 516 g/mol. The van der Waals surface area contributed by atoms with Crippen molar-refractivity contribution in [2.45, 2.75) is 63.6 Å². The van der Waals surface area contributed by atoms with Crippen LogP contribution in [0.25, 0.3) is 0 Å². The first-order valence-corrected chi connectivity index (χ1v) is 13.5. The van der Waals surface area contributed by atoms with Crippen LogP contribution in [-0.4, -0.2) is 58.5 Å². The molecule has 0 bridgehead atoms. The van der Waals surface area contributed by atoms with Crippen LogP contribution >= 0.6 is 11.6 Å². The number of benzene rings is 1. The van der Waals surface area contributed by atoms with Crippen molar-refractivity contribution in [1.29, 1.82) is 0 Å². The van der Waals surface area contributed by atoms with Crippen LogP contribution < -0.4 is 5.06 Å². The lowest BCUT2D eigenvalue weighted by atomic mass is 9.44. The summed E-state index contributed by atoms with van der Waals surface area (Å²) >= 11 is 6.20. The van der Waals surface area contributed by atoms with Crippen LogP contribution in [0.15, 0.2) is 42.0 Å². The van der Waals surface area contributed by atoms with Crippen molar-refractivity contribution < 1.29 is 33.4 Å². The van der Waals surface area contributed by atoms with Gasteiger partial charge in [-0.05, 0) is 80.5 Å². The maximum absolute atomic E-state index is 17.4. The number of aliphatic hydroxyl groups is 2. The summed E-state index contributed by atoms with van der Waals surface area (Å²) in [6.45, 7) is 4.77. The Morgan fingerprint density at radius 3 is 2.68 bits per heavy atom. The number of aliphatic hydroxyl groups excluding tert-OH is 2. The van der Waals surface area contributed by atoms with Gasteiger partial charge in [-0.1, -0.05) is 24.6 Å². The van der Waals surface area contributed by atoms with E-state index in [-0.39, 0.29) is 18.4 Å². The number of hydroxylamine groups is 1. The van der Waals surface area contributed by atoms with E-state index in [4.69, 9.17) is 16.4 Å². The third-order valence-corrected chi connectivity index (χ3v) is 11.0. The molecule has 1 unspecified atom stereocenters. The lowest BCUT2D eigenvalue weighted by Crippen LogP contribution is -2.70. The number of nitrogens with zero attached hydrogens (tertiary/aromatic N) is 1. The summed E-state index contributed by atoms with van der Waals surface area (Å²) in [5.41, 5.74) is -4.72. The van der Waals surface area contributed by atoms with Gasteiger partial charge in [0.15, 0.2) is 22.8 Å². The van der Waals surface area contributed by atoms with Gasteiger partial charge in [-0.2, -0.15) is 0 Å². The van der Waals surface area contributed by atoms with Gasteiger partial charge in [0.05, 0.1) is 18.3 Å². The second kappa shape index (κ2) is 8.19. The molecule has 4 aliphatic carbocycles. The predicted molar refractivity (Wildman–Crippen MR) is 137 cm³/mol. The van der Waals surface area contributed by atoms with Gasteiger partial charge in [-0.3, -0.25) is 19.5 Å². The van der Waals surface area contributed by atoms with E-state index in [1.165, 1.54) is 12.2 Å². The SMILES string of the molecule is Cc1cc(N2C[C@@H]3C[C@H]4[C@@H]5C[C@H](F)C6=CC(=O)C=C[C@]6(C)[C@@]5(F)[C@@H](O)CC4(C)[C@]3(C(=O)CO)O2)ccc1Cl. The Balaban J connectivity index is 1.44. The van der Waals surface area contributed by atoms with Crippen molar-refractivity contribution in [3.63, 3.8) is 0 Å². The number of halogens is 3. The normalized spacial score (nSPS) is 45.3. The van der Waals surface area contributed by atoms with Gasteiger partial charge in [0.2, 0.25) is 0 Å². The van der Waals surface area contributed by atoms with Gasteiger partial charge in [0.1, 0.15) is 12.8 Å². The van der Waals surface area contributed by atoms with Gasteiger partial charge in [0, 0.05) is 27.7 Å². The van der Waals surface area contributed by atoms with Crippen LogP contribution in [-0.2, 0) is 14.4 Å². The van der Waals surface area contributed by atoms with Crippen LogP contribution in [0.1, 0.15) is 38.7 Å². The van der Waals surface area contributed by atoms with Crippen LogP contribution in [0.2, 0.25) is 5.02 Å². The molecule has 0 amide bonds. The van der Waals surface area contributed by atoms with Crippen molar-refractivity contribution in [2.24, 2.45) is 28.6 Å². The van der Waals surface area contributed by atoms with Gasteiger partial charge >= 0.3 is 0 Å². The van der Waals surface area contributed by atoms with Crippen molar-refractivity contribution in [3.05, 3.63) is 52.6 Å². The maximum Gasteiger partial charge on any atom is 0.193 e. The molecule has 5 aliphatic rings. The van der Waals surface area contributed by atoms with E-state index in [0.717, 1.165) is 11.6 Å². The van der Waals surface area contributed by atoms with Gasteiger partial charge in [-0.15, -0.1) is 0 Å². The van der Waals surface area contributed by atoms with Crippen LogP contribution in [0.3, 0.4) is 0 Å². The highest BCUT2D eigenvalue weighted by molar-refractivity contribution is 6.31. The van der Waals surface area contributed by atoms with E-state index >= 15 is 8.78 Å². The van der Waals surface area contributed by atoms with Crippen LogP contribution in [0, 0.1) is 35.5 Å². The molecule has 2 N–H and O–H groups in total. The van der Waals surface area contributed by atoms with Crippen LogP contribution in [0.4, 0.5) is 14.5 Å². The molecule has 9 heteroatoms. The fourth-order valence-electron chi connectivity index (χ4n) is 8.80. The van der Waals surface area contributed by atoms with E-state index in [0.29, 0.717) is 23.7 Å². The standard InChI is InChI=1S/C29H32ClF2NO5/c1-15-8-17(4-5-22(15)30)33-13-16-9-19-20-11-23(31)21-10-18(35)6-7-26(21,2)28(20,32)24(36)12-27(19,3)29(16,38-33)25(37)14-34/h4-8,10,16,19-20,23-24,34,36H,9,11-14H2,1-3H3/t16-,19-,20-,23-,24-,26-,27?,28-,29-/m0/s1. The quantitative estimate of drug-likeness (QED) is 0.588. The fourth-order valence-corrected chi connectivity index (χ4v) is 8.92. The van der Waals surface area contributed by atoms with Gasteiger partial charge < -0.3 is 10.2 Å². The average Bonchev–Trinajstić information content (AvgIpc) is 3.37. The largest absolute Gasteiger partial charge is 0.390 e. The first-order chi connectivity index (χ1) is 17.8. The number of aryl methyl sites for hydroxylation is 1. The Hall–Kier alpha value is -2.13. The van der Waals surface area contributed by atoms with Crippen molar-refractivity contribution >= 4 is 28.9 Å². The molecular formula is C29H32ClF2NO5. The summed E-state index contributed by atoms with van der Waals surface area (Å²) in [4.78, 5) is 32.1. The summed E-state index contributed by atoms with van der Waals surface area (Å²) in [7, 11) is 0. The Labute approximate surface area is 225 Å². The van der Waals surface area contributed by atoms with E-state index in [1.54, 1.807) is 24.1 Å².